The first-order chi connectivity index (χ1) is 10.3. The lowest BCUT2D eigenvalue weighted by atomic mass is 10.2. The van der Waals surface area contributed by atoms with Crippen molar-refractivity contribution in [1.82, 2.24) is 5.32 Å². The molecule has 0 saturated carbocycles. The molecule has 0 saturated heterocycles. The molecule has 0 atom stereocenters. The Morgan fingerprint density at radius 1 is 1.27 bits per heavy atom. The van der Waals surface area contributed by atoms with Crippen molar-refractivity contribution in [3.8, 4) is 0 Å². The first kappa shape index (κ1) is 18.8. The minimum absolute atomic E-state index is 0.380. The molecule has 0 bridgehead atoms. The standard InChI is InChI=1S/C16H25BrN2O3/c1-16(2,3)22-15(20)19-10-6-9-18-14-8-5-7-13(17)12(14)11-21-4/h5,7-8,18H,6,9-11H2,1-4H3,(H,19,20). The van der Waals surface area contributed by atoms with Gasteiger partial charge in [-0.1, -0.05) is 22.0 Å². The zero-order valence-electron chi connectivity index (χ0n) is 13.7. The first-order valence-corrected chi connectivity index (χ1v) is 8.10. The predicted molar refractivity (Wildman–Crippen MR) is 92.2 cm³/mol. The van der Waals surface area contributed by atoms with E-state index >= 15 is 0 Å². The smallest absolute Gasteiger partial charge is 0.407 e. The Morgan fingerprint density at radius 2 is 2.00 bits per heavy atom. The van der Waals surface area contributed by atoms with Gasteiger partial charge in [-0.05, 0) is 39.3 Å². The Kier molecular flexibility index (Phi) is 7.68. The maximum atomic E-state index is 11.5. The Labute approximate surface area is 140 Å². The van der Waals surface area contributed by atoms with Crippen LogP contribution < -0.4 is 10.6 Å². The van der Waals surface area contributed by atoms with Crippen LogP contribution in [0.15, 0.2) is 22.7 Å². The average molecular weight is 373 g/mol. The number of nitrogens with one attached hydrogen (secondary N) is 2. The SMILES string of the molecule is COCc1c(Br)cccc1NCCCNC(=O)OC(C)(C)C. The zero-order chi connectivity index (χ0) is 16.6. The van der Waals surface area contributed by atoms with E-state index < -0.39 is 5.60 Å². The van der Waals surface area contributed by atoms with Gasteiger partial charge in [-0.3, -0.25) is 0 Å². The minimum atomic E-state index is -0.465. The lowest BCUT2D eigenvalue weighted by Crippen LogP contribution is -2.33. The molecule has 6 heteroatoms. The van der Waals surface area contributed by atoms with Crippen LogP contribution in [-0.4, -0.2) is 31.9 Å². The highest BCUT2D eigenvalue weighted by Gasteiger charge is 2.15. The van der Waals surface area contributed by atoms with Crippen molar-refractivity contribution in [2.45, 2.75) is 39.4 Å². The first-order valence-electron chi connectivity index (χ1n) is 7.30. The summed E-state index contributed by atoms with van der Waals surface area (Å²) in [7, 11) is 1.67. The van der Waals surface area contributed by atoms with E-state index in [-0.39, 0.29) is 6.09 Å². The number of methoxy groups -OCH3 is 1. The second-order valence-corrected chi connectivity index (χ2v) is 6.76. The molecule has 0 aliphatic rings. The highest BCUT2D eigenvalue weighted by Crippen LogP contribution is 2.25. The lowest BCUT2D eigenvalue weighted by Gasteiger charge is -2.19. The van der Waals surface area contributed by atoms with Crippen LogP contribution in [0, 0.1) is 0 Å². The molecule has 1 amide bonds. The summed E-state index contributed by atoms with van der Waals surface area (Å²) in [5.74, 6) is 0. The number of hydrogen-bond donors (Lipinski definition) is 2. The molecule has 0 unspecified atom stereocenters. The Morgan fingerprint density at radius 3 is 2.64 bits per heavy atom. The fourth-order valence-corrected chi connectivity index (χ4v) is 2.31. The number of benzene rings is 1. The van der Waals surface area contributed by atoms with Gasteiger partial charge in [-0.25, -0.2) is 4.79 Å². The van der Waals surface area contributed by atoms with Crippen LogP contribution in [-0.2, 0) is 16.1 Å². The number of anilines is 1. The summed E-state index contributed by atoms with van der Waals surface area (Å²) >= 11 is 3.52. The summed E-state index contributed by atoms with van der Waals surface area (Å²) < 4.78 is 11.4. The van der Waals surface area contributed by atoms with E-state index in [2.05, 4.69) is 26.6 Å². The lowest BCUT2D eigenvalue weighted by molar-refractivity contribution is 0.0528. The molecule has 124 valence electrons. The maximum Gasteiger partial charge on any atom is 0.407 e. The van der Waals surface area contributed by atoms with Crippen molar-refractivity contribution >= 4 is 27.7 Å². The van der Waals surface area contributed by atoms with Crippen LogP contribution in [0.5, 0.6) is 0 Å². The second-order valence-electron chi connectivity index (χ2n) is 5.91. The van der Waals surface area contributed by atoms with Crippen molar-refractivity contribution in [1.29, 1.82) is 0 Å². The molecule has 0 radical (unpaired) electrons. The van der Waals surface area contributed by atoms with E-state index in [1.807, 2.05) is 39.0 Å². The third kappa shape index (κ3) is 7.13. The van der Waals surface area contributed by atoms with E-state index in [4.69, 9.17) is 9.47 Å². The number of alkyl carbamates (subject to hydrolysis) is 1. The highest BCUT2D eigenvalue weighted by molar-refractivity contribution is 9.10. The summed E-state index contributed by atoms with van der Waals surface area (Å²) in [5.41, 5.74) is 1.66. The fraction of sp³-hybridized carbons (Fsp3) is 0.562. The molecule has 0 aliphatic heterocycles. The van der Waals surface area contributed by atoms with Gasteiger partial charge in [0.25, 0.3) is 0 Å². The molecule has 0 aliphatic carbocycles. The molecule has 2 N–H and O–H groups in total. The van der Waals surface area contributed by atoms with Gasteiger partial charge in [0, 0.05) is 35.9 Å². The highest BCUT2D eigenvalue weighted by atomic mass is 79.9. The monoisotopic (exact) mass is 372 g/mol. The predicted octanol–water partition coefficient (Wildman–Crippen LogP) is 3.92. The van der Waals surface area contributed by atoms with Gasteiger partial charge >= 0.3 is 6.09 Å². The molecular weight excluding hydrogens is 348 g/mol. The fourth-order valence-electron chi connectivity index (χ4n) is 1.83. The largest absolute Gasteiger partial charge is 0.444 e. The molecule has 0 heterocycles. The summed E-state index contributed by atoms with van der Waals surface area (Å²) in [5, 5.41) is 6.10. The van der Waals surface area contributed by atoms with Crippen LogP contribution >= 0.6 is 15.9 Å². The van der Waals surface area contributed by atoms with Gasteiger partial charge < -0.3 is 20.1 Å². The van der Waals surface area contributed by atoms with Crippen LogP contribution in [0.25, 0.3) is 0 Å². The van der Waals surface area contributed by atoms with Gasteiger partial charge in [0.15, 0.2) is 0 Å². The summed E-state index contributed by atoms with van der Waals surface area (Å²) in [6.45, 7) is 7.40. The van der Waals surface area contributed by atoms with Gasteiger partial charge in [0.05, 0.1) is 6.61 Å². The van der Waals surface area contributed by atoms with Gasteiger partial charge in [0.2, 0.25) is 0 Å². The molecule has 22 heavy (non-hydrogen) atoms. The topological polar surface area (TPSA) is 59.6 Å². The summed E-state index contributed by atoms with van der Waals surface area (Å²) in [4.78, 5) is 11.5. The molecule has 1 rings (SSSR count). The van der Waals surface area contributed by atoms with E-state index in [0.717, 1.165) is 28.7 Å². The summed E-state index contributed by atoms with van der Waals surface area (Å²) in [6, 6.07) is 5.98. The Bertz CT molecular complexity index is 487. The van der Waals surface area contributed by atoms with E-state index in [1.165, 1.54) is 0 Å². The number of carbonyl (C=O) groups is 1. The van der Waals surface area contributed by atoms with E-state index in [1.54, 1.807) is 7.11 Å². The molecular formula is C16H25BrN2O3. The minimum Gasteiger partial charge on any atom is -0.444 e. The molecule has 0 fully saturated rings. The van der Waals surface area contributed by atoms with Gasteiger partial charge in [-0.2, -0.15) is 0 Å². The van der Waals surface area contributed by atoms with Crippen LogP contribution in [0.1, 0.15) is 32.8 Å². The van der Waals surface area contributed by atoms with E-state index in [9.17, 15) is 4.79 Å². The molecule has 0 aromatic heterocycles. The van der Waals surface area contributed by atoms with Crippen molar-refractivity contribution < 1.29 is 14.3 Å². The number of carbonyl (C=O) groups excluding carboxylic acids is 1. The number of halogens is 1. The molecule has 1 aromatic rings. The van der Waals surface area contributed by atoms with Crippen molar-refractivity contribution in [2.24, 2.45) is 0 Å². The van der Waals surface area contributed by atoms with Crippen LogP contribution in [0.3, 0.4) is 0 Å². The molecule has 1 aromatic carbocycles. The number of hydrogen-bond acceptors (Lipinski definition) is 4. The number of ether oxygens (including phenoxy) is 2. The third-order valence-electron chi connectivity index (χ3n) is 2.74. The third-order valence-corrected chi connectivity index (χ3v) is 3.49. The average Bonchev–Trinajstić information content (AvgIpc) is 2.40. The van der Waals surface area contributed by atoms with Crippen molar-refractivity contribution in [2.75, 3.05) is 25.5 Å². The van der Waals surface area contributed by atoms with E-state index in [0.29, 0.717) is 13.2 Å². The Balaban J connectivity index is 2.33. The van der Waals surface area contributed by atoms with Gasteiger partial charge in [0.1, 0.15) is 5.60 Å². The zero-order valence-corrected chi connectivity index (χ0v) is 15.2. The second kappa shape index (κ2) is 9.00. The maximum absolute atomic E-state index is 11.5. The van der Waals surface area contributed by atoms with Crippen LogP contribution in [0.4, 0.5) is 10.5 Å². The molecule has 0 spiro atoms. The van der Waals surface area contributed by atoms with Gasteiger partial charge in [-0.15, -0.1) is 0 Å². The van der Waals surface area contributed by atoms with Crippen LogP contribution in [0.2, 0.25) is 0 Å². The Hall–Kier alpha value is -1.27. The molecule has 5 nitrogen and oxygen atoms in total. The normalized spacial score (nSPS) is 11.1. The number of amides is 1. The van der Waals surface area contributed by atoms with Crippen molar-refractivity contribution in [3.63, 3.8) is 0 Å². The van der Waals surface area contributed by atoms with Crippen molar-refractivity contribution in [3.05, 3.63) is 28.2 Å². The number of rotatable bonds is 7. The summed E-state index contributed by atoms with van der Waals surface area (Å²) in [6.07, 6.45) is 0.424. The quantitative estimate of drug-likeness (QED) is 0.712.